The number of para-hydroxylation sites is 1. The molecule has 1 aliphatic heterocycles. The van der Waals surface area contributed by atoms with Crippen molar-refractivity contribution in [1.82, 2.24) is 9.88 Å². The summed E-state index contributed by atoms with van der Waals surface area (Å²) in [4.78, 5) is 31.0. The maximum atomic E-state index is 12.5. The molecule has 0 bridgehead atoms. The van der Waals surface area contributed by atoms with Gasteiger partial charge in [-0.1, -0.05) is 36.9 Å². The molecule has 0 radical (unpaired) electrons. The summed E-state index contributed by atoms with van der Waals surface area (Å²) in [6.45, 7) is 3.66. The molecule has 0 aliphatic carbocycles. The van der Waals surface area contributed by atoms with E-state index in [0.29, 0.717) is 30.4 Å². The molecule has 1 aromatic carbocycles. The first-order chi connectivity index (χ1) is 14.5. The molecule has 1 unspecified atom stereocenters. The van der Waals surface area contributed by atoms with Crippen molar-refractivity contribution in [2.45, 2.75) is 24.5 Å². The van der Waals surface area contributed by atoms with Crippen LogP contribution in [0, 0.1) is 11.3 Å². The number of hydrogen-bond donors (Lipinski definition) is 2. The lowest BCUT2D eigenvalue weighted by Crippen LogP contribution is -2.46. The summed E-state index contributed by atoms with van der Waals surface area (Å²) < 4.78 is 5.59. The molecule has 2 heterocycles. The minimum Gasteiger partial charge on any atom is -0.383 e. The normalized spacial score (nSPS) is 16.0. The van der Waals surface area contributed by atoms with Crippen LogP contribution in [0.25, 0.3) is 0 Å². The lowest BCUT2D eigenvalue weighted by atomic mass is 10.2. The summed E-state index contributed by atoms with van der Waals surface area (Å²) >= 11 is 1.14. The van der Waals surface area contributed by atoms with Crippen LogP contribution in [0.5, 0.6) is 0 Å². The smallest absolute Gasteiger partial charge is 0.259 e. The van der Waals surface area contributed by atoms with Crippen molar-refractivity contribution in [3.63, 3.8) is 0 Å². The van der Waals surface area contributed by atoms with E-state index in [0.717, 1.165) is 18.2 Å². The number of thioether (sulfide) groups is 1. The van der Waals surface area contributed by atoms with Gasteiger partial charge in [-0.25, -0.2) is 4.98 Å². The van der Waals surface area contributed by atoms with Crippen molar-refractivity contribution in [2.24, 2.45) is 0 Å². The van der Waals surface area contributed by atoms with Crippen LogP contribution >= 0.6 is 11.8 Å². The molecule has 1 saturated heterocycles. The minimum atomic E-state index is -0.450. The molecule has 1 aromatic heterocycles. The van der Waals surface area contributed by atoms with Gasteiger partial charge >= 0.3 is 0 Å². The lowest BCUT2D eigenvalue weighted by Gasteiger charge is -2.32. The Balaban J connectivity index is 1.69. The van der Waals surface area contributed by atoms with E-state index in [9.17, 15) is 14.9 Å². The number of nitriles is 1. The number of nitrogens with two attached hydrogens (primary N) is 1. The van der Waals surface area contributed by atoms with E-state index in [4.69, 9.17) is 10.5 Å². The van der Waals surface area contributed by atoms with E-state index in [1.807, 2.05) is 19.1 Å². The second-order valence-electron chi connectivity index (χ2n) is 6.74. The Bertz CT molecular complexity index is 961. The highest BCUT2D eigenvalue weighted by molar-refractivity contribution is 8.00. The first-order valence-electron chi connectivity index (χ1n) is 9.61. The monoisotopic (exact) mass is 425 g/mol. The third-order valence-electron chi connectivity index (χ3n) is 4.69. The van der Waals surface area contributed by atoms with Crippen molar-refractivity contribution in [1.29, 1.82) is 5.26 Å². The maximum absolute atomic E-state index is 12.5. The number of carbonyl (C=O) groups is 2. The van der Waals surface area contributed by atoms with Crippen molar-refractivity contribution >= 4 is 35.1 Å². The molecule has 2 amide bonds. The van der Waals surface area contributed by atoms with Gasteiger partial charge in [-0.05, 0) is 24.6 Å². The summed E-state index contributed by atoms with van der Waals surface area (Å²) in [5, 5.41) is 12.6. The molecule has 0 spiro atoms. The third kappa shape index (κ3) is 5.28. The zero-order valence-electron chi connectivity index (χ0n) is 16.6. The Labute approximate surface area is 179 Å². The van der Waals surface area contributed by atoms with E-state index < -0.39 is 5.91 Å². The number of rotatable bonds is 6. The van der Waals surface area contributed by atoms with E-state index in [1.54, 1.807) is 29.2 Å². The average Bonchev–Trinajstić information content (AvgIpc) is 2.78. The SMILES string of the molecule is CCC1CN(C(=O)CSc2nc(N)c(C(=O)Nc3ccccc3)cc2C#N)CCO1. The first kappa shape index (κ1) is 21.6. The zero-order chi connectivity index (χ0) is 21.5. The molecule has 156 valence electrons. The second-order valence-corrected chi connectivity index (χ2v) is 7.70. The van der Waals surface area contributed by atoms with Gasteiger partial charge < -0.3 is 20.7 Å². The molecule has 1 aliphatic rings. The van der Waals surface area contributed by atoms with Crippen LogP contribution in [0.2, 0.25) is 0 Å². The molecule has 3 N–H and O–H groups in total. The van der Waals surface area contributed by atoms with E-state index in [1.165, 1.54) is 6.07 Å². The van der Waals surface area contributed by atoms with Crippen molar-refractivity contribution < 1.29 is 14.3 Å². The summed E-state index contributed by atoms with van der Waals surface area (Å²) in [5.74, 6) is -0.353. The van der Waals surface area contributed by atoms with Gasteiger partial charge in [0.1, 0.15) is 16.9 Å². The van der Waals surface area contributed by atoms with Gasteiger partial charge in [-0.15, -0.1) is 0 Å². The standard InChI is InChI=1S/C21H23N5O3S/c1-2-16-12-26(8-9-29-16)18(27)13-30-21-14(11-22)10-17(19(23)25-21)20(28)24-15-6-4-3-5-7-15/h3-7,10,16H,2,8-9,12-13H2,1H3,(H2,23,25)(H,24,28). The van der Waals surface area contributed by atoms with Gasteiger partial charge in [0.05, 0.1) is 29.6 Å². The topological polar surface area (TPSA) is 121 Å². The molecule has 9 heteroatoms. The molecule has 0 saturated carbocycles. The summed E-state index contributed by atoms with van der Waals surface area (Å²) in [7, 11) is 0. The van der Waals surface area contributed by atoms with Crippen molar-refractivity contribution in [3.05, 3.63) is 47.5 Å². The summed E-state index contributed by atoms with van der Waals surface area (Å²) in [6, 6.07) is 12.4. The Kier molecular flexibility index (Phi) is 7.27. The van der Waals surface area contributed by atoms with Crippen LogP contribution < -0.4 is 11.1 Å². The molecule has 8 nitrogen and oxygen atoms in total. The maximum Gasteiger partial charge on any atom is 0.259 e. The highest BCUT2D eigenvalue weighted by atomic mass is 32.2. The van der Waals surface area contributed by atoms with Gasteiger partial charge in [0.25, 0.3) is 5.91 Å². The molecule has 1 atom stereocenters. The van der Waals surface area contributed by atoms with Crippen molar-refractivity contribution in [3.8, 4) is 6.07 Å². The van der Waals surface area contributed by atoms with Crippen LogP contribution in [0.15, 0.2) is 41.4 Å². The van der Waals surface area contributed by atoms with Gasteiger partial charge in [0.2, 0.25) is 5.91 Å². The largest absolute Gasteiger partial charge is 0.383 e. The number of nitrogen functional groups attached to an aromatic ring is 1. The van der Waals surface area contributed by atoms with Gasteiger partial charge in [0.15, 0.2) is 0 Å². The number of benzene rings is 1. The minimum absolute atomic E-state index is 0.00907. The number of ether oxygens (including phenoxy) is 1. The van der Waals surface area contributed by atoms with Gasteiger partial charge in [-0.3, -0.25) is 9.59 Å². The van der Waals surface area contributed by atoms with Crippen LogP contribution in [-0.2, 0) is 9.53 Å². The number of amides is 2. The zero-order valence-corrected chi connectivity index (χ0v) is 17.4. The second kappa shape index (κ2) is 10.1. The molecular weight excluding hydrogens is 402 g/mol. The Morgan fingerprint density at radius 2 is 2.17 bits per heavy atom. The lowest BCUT2D eigenvalue weighted by molar-refractivity contribution is -0.135. The highest BCUT2D eigenvalue weighted by Gasteiger charge is 2.24. The van der Waals surface area contributed by atoms with Crippen LogP contribution in [0.3, 0.4) is 0 Å². The summed E-state index contributed by atoms with van der Waals surface area (Å²) in [5.41, 5.74) is 6.91. The molecule has 30 heavy (non-hydrogen) atoms. The van der Waals surface area contributed by atoms with Crippen LogP contribution in [-0.4, -0.2) is 53.3 Å². The van der Waals surface area contributed by atoms with Crippen LogP contribution in [0.1, 0.15) is 29.3 Å². The Hall–Kier alpha value is -3.09. The number of nitrogens with zero attached hydrogens (tertiary/aromatic N) is 3. The number of nitrogens with one attached hydrogen (secondary N) is 1. The molecular formula is C21H23N5O3S. The number of morpholine rings is 1. The first-order valence-corrected chi connectivity index (χ1v) is 10.6. The quantitative estimate of drug-likeness (QED) is 0.682. The predicted octanol–water partition coefficient (Wildman–Crippen LogP) is 2.52. The van der Waals surface area contributed by atoms with E-state index in [-0.39, 0.29) is 34.7 Å². The Morgan fingerprint density at radius 1 is 1.40 bits per heavy atom. The van der Waals surface area contributed by atoms with Gasteiger partial charge in [0, 0.05) is 18.8 Å². The summed E-state index contributed by atoms with van der Waals surface area (Å²) in [6.07, 6.45) is 0.902. The Morgan fingerprint density at radius 3 is 2.87 bits per heavy atom. The molecule has 3 rings (SSSR count). The third-order valence-corrected chi connectivity index (χ3v) is 5.67. The number of anilines is 2. The predicted molar refractivity (Wildman–Crippen MR) is 115 cm³/mol. The fourth-order valence-corrected chi connectivity index (χ4v) is 3.88. The molecule has 1 fully saturated rings. The fourth-order valence-electron chi connectivity index (χ4n) is 3.02. The fraction of sp³-hybridized carbons (Fsp3) is 0.333. The van der Waals surface area contributed by atoms with Gasteiger partial charge in [-0.2, -0.15) is 5.26 Å². The molecule has 2 aromatic rings. The number of hydrogen-bond acceptors (Lipinski definition) is 7. The number of aromatic nitrogens is 1. The highest BCUT2D eigenvalue weighted by Crippen LogP contribution is 2.25. The average molecular weight is 426 g/mol. The van der Waals surface area contributed by atoms with Crippen LogP contribution in [0.4, 0.5) is 11.5 Å². The number of carbonyl (C=O) groups excluding carboxylic acids is 2. The van der Waals surface area contributed by atoms with E-state index >= 15 is 0 Å². The number of pyridine rings is 1. The van der Waals surface area contributed by atoms with E-state index in [2.05, 4.69) is 10.3 Å². The van der Waals surface area contributed by atoms with Crippen molar-refractivity contribution in [2.75, 3.05) is 36.5 Å².